The fraction of sp³-hybridized carbons (Fsp3) is 0.294. The smallest absolute Gasteiger partial charge is 0.263 e. The van der Waals surface area contributed by atoms with Crippen molar-refractivity contribution >= 4 is 11.8 Å². The summed E-state index contributed by atoms with van der Waals surface area (Å²) in [7, 11) is 0. The zero-order valence-electron chi connectivity index (χ0n) is 12.4. The van der Waals surface area contributed by atoms with Gasteiger partial charge in [0.1, 0.15) is 5.75 Å². The molecule has 2 rings (SSSR count). The first-order chi connectivity index (χ1) is 10.6. The maximum atomic E-state index is 12.5. The number of hydrogen-bond acceptors (Lipinski definition) is 3. The number of phenolic OH excluding ortho intramolecular Hbond substituents is 1. The zero-order chi connectivity index (χ0) is 15.9. The van der Waals surface area contributed by atoms with Crippen LogP contribution in [-0.2, 0) is 13.0 Å². The van der Waals surface area contributed by atoms with Gasteiger partial charge in [0, 0.05) is 17.0 Å². The lowest BCUT2D eigenvalue weighted by Crippen LogP contribution is -2.17. The monoisotopic (exact) mass is 323 g/mol. The van der Waals surface area contributed by atoms with Crippen LogP contribution in [0.25, 0.3) is 0 Å². The Morgan fingerprint density at radius 1 is 1.14 bits per heavy atom. The lowest BCUT2D eigenvalue weighted by molar-refractivity contribution is 0.151. The second kappa shape index (κ2) is 8.15. The van der Waals surface area contributed by atoms with Crippen molar-refractivity contribution in [1.29, 1.82) is 0 Å². The van der Waals surface area contributed by atoms with Crippen molar-refractivity contribution in [2.75, 3.05) is 12.8 Å². The van der Waals surface area contributed by atoms with Crippen molar-refractivity contribution in [2.24, 2.45) is 0 Å². The van der Waals surface area contributed by atoms with Crippen LogP contribution in [0.3, 0.4) is 0 Å². The van der Waals surface area contributed by atoms with E-state index < -0.39 is 6.43 Å². The highest BCUT2D eigenvalue weighted by atomic mass is 32.2. The number of halogens is 2. The molecule has 0 amide bonds. The van der Waals surface area contributed by atoms with Gasteiger partial charge in [-0.1, -0.05) is 30.3 Å². The first kappa shape index (κ1) is 16.8. The molecule has 118 valence electrons. The van der Waals surface area contributed by atoms with Gasteiger partial charge in [0.25, 0.3) is 6.43 Å². The molecule has 0 aliphatic carbocycles. The summed E-state index contributed by atoms with van der Waals surface area (Å²) in [6.45, 7) is 1.41. The Hall–Kier alpha value is -1.59. The third-order valence-corrected chi connectivity index (χ3v) is 4.28. The zero-order valence-corrected chi connectivity index (χ0v) is 13.2. The molecule has 0 aliphatic rings. The molecule has 2 aromatic rings. The minimum absolute atomic E-state index is 0.0656. The number of rotatable bonds is 7. The van der Waals surface area contributed by atoms with Crippen molar-refractivity contribution in [3.63, 3.8) is 0 Å². The summed E-state index contributed by atoms with van der Waals surface area (Å²) < 4.78 is 25.0. The molecule has 0 unspecified atom stereocenters. The molecule has 0 saturated carbocycles. The van der Waals surface area contributed by atoms with Gasteiger partial charge in [0.05, 0.1) is 0 Å². The minimum atomic E-state index is -2.55. The normalized spacial score (nSPS) is 11.1. The molecule has 0 saturated heterocycles. The Bertz CT molecular complexity index is 619. The van der Waals surface area contributed by atoms with Crippen LogP contribution in [-0.4, -0.2) is 17.9 Å². The number of nitrogens with one attached hydrogen (secondary N) is 1. The van der Waals surface area contributed by atoms with Crippen molar-refractivity contribution in [3.05, 3.63) is 59.2 Å². The van der Waals surface area contributed by atoms with Crippen molar-refractivity contribution in [2.45, 2.75) is 24.3 Å². The number of hydrogen-bond donors (Lipinski definition) is 2. The molecule has 2 N–H and O–H groups in total. The predicted octanol–water partition coefficient (Wildman–Crippen LogP) is 4.38. The van der Waals surface area contributed by atoms with Crippen LogP contribution in [0.2, 0.25) is 0 Å². The molecule has 0 heterocycles. The summed E-state index contributed by atoms with van der Waals surface area (Å²) in [5, 5.41) is 13.1. The van der Waals surface area contributed by atoms with E-state index in [1.165, 1.54) is 16.5 Å². The largest absolute Gasteiger partial charge is 0.508 e. The third-order valence-electron chi connectivity index (χ3n) is 3.44. The van der Waals surface area contributed by atoms with Crippen LogP contribution in [0.15, 0.2) is 47.4 Å². The SMILES string of the molecule is CSc1ccccc1CNCCc1ccc(C(F)F)cc1O. The fourth-order valence-electron chi connectivity index (χ4n) is 2.22. The van der Waals surface area contributed by atoms with Crippen molar-refractivity contribution < 1.29 is 13.9 Å². The number of phenols is 1. The Kier molecular flexibility index (Phi) is 6.21. The molecule has 5 heteroatoms. The van der Waals surface area contributed by atoms with Crippen molar-refractivity contribution in [1.82, 2.24) is 5.32 Å². The molecule has 0 atom stereocenters. The summed E-state index contributed by atoms with van der Waals surface area (Å²) in [5.41, 5.74) is 1.76. The van der Waals surface area contributed by atoms with Gasteiger partial charge in [-0.2, -0.15) is 0 Å². The number of alkyl halides is 2. The predicted molar refractivity (Wildman–Crippen MR) is 86.7 cm³/mol. The van der Waals surface area contributed by atoms with E-state index in [1.54, 1.807) is 17.8 Å². The Morgan fingerprint density at radius 3 is 2.59 bits per heavy atom. The lowest BCUT2D eigenvalue weighted by atomic mass is 10.1. The number of aromatic hydroxyl groups is 1. The summed E-state index contributed by atoms with van der Waals surface area (Å²) in [4.78, 5) is 1.24. The van der Waals surface area contributed by atoms with Crippen molar-refractivity contribution in [3.8, 4) is 5.75 Å². The van der Waals surface area contributed by atoms with E-state index in [-0.39, 0.29) is 11.3 Å². The van der Waals surface area contributed by atoms with Gasteiger partial charge in [-0.05, 0) is 42.5 Å². The molecule has 0 bridgehead atoms. The summed E-state index contributed by atoms with van der Waals surface area (Å²) in [6, 6.07) is 12.2. The molecule has 0 aliphatic heterocycles. The average molecular weight is 323 g/mol. The maximum Gasteiger partial charge on any atom is 0.263 e. The number of thioether (sulfide) groups is 1. The molecule has 0 spiro atoms. The van der Waals surface area contributed by atoms with Gasteiger partial charge in [0.15, 0.2) is 0 Å². The van der Waals surface area contributed by atoms with E-state index in [4.69, 9.17) is 0 Å². The highest BCUT2D eigenvalue weighted by molar-refractivity contribution is 7.98. The molecule has 0 fully saturated rings. The lowest BCUT2D eigenvalue weighted by Gasteiger charge is -2.10. The van der Waals surface area contributed by atoms with Gasteiger partial charge in [-0.15, -0.1) is 11.8 Å². The van der Waals surface area contributed by atoms with Gasteiger partial charge in [-0.25, -0.2) is 8.78 Å². The van der Waals surface area contributed by atoms with Crippen LogP contribution >= 0.6 is 11.8 Å². The highest BCUT2D eigenvalue weighted by Gasteiger charge is 2.10. The Labute approximate surface area is 133 Å². The topological polar surface area (TPSA) is 32.3 Å². The van der Waals surface area contributed by atoms with Crippen LogP contribution in [0.5, 0.6) is 5.75 Å². The second-order valence-corrected chi connectivity index (χ2v) is 5.78. The van der Waals surface area contributed by atoms with Crippen LogP contribution < -0.4 is 5.32 Å². The highest BCUT2D eigenvalue weighted by Crippen LogP contribution is 2.26. The number of benzene rings is 2. The standard InChI is InChI=1S/C17H19F2NOS/c1-22-16-5-3-2-4-14(16)11-20-9-8-12-6-7-13(17(18)19)10-15(12)21/h2-7,10,17,20-21H,8-9,11H2,1H3. The molecule has 2 nitrogen and oxygen atoms in total. The summed E-state index contributed by atoms with van der Waals surface area (Å²) in [6.07, 6.45) is 0.0826. The van der Waals surface area contributed by atoms with Gasteiger partial charge >= 0.3 is 0 Å². The van der Waals surface area contributed by atoms with Crippen LogP contribution in [0.4, 0.5) is 8.78 Å². The first-order valence-corrected chi connectivity index (χ1v) is 8.27. The quantitative estimate of drug-likeness (QED) is 0.586. The van der Waals surface area contributed by atoms with E-state index in [0.717, 1.165) is 12.6 Å². The van der Waals surface area contributed by atoms with Gasteiger partial charge in [0.2, 0.25) is 0 Å². The van der Waals surface area contributed by atoms with E-state index in [1.807, 2.05) is 18.4 Å². The molecule has 22 heavy (non-hydrogen) atoms. The van der Waals surface area contributed by atoms with Crippen LogP contribution in [0.1, 0.15) is 23.1 Å². The van der Waals surface area contributed by atoms with Gasteiger partial charge < -0.3 is 10.4 Å². The maximum absolute atomic E-state index is 12.5. The molecular formula is C17H19F2NOS. The van der Waals surface area contributed by atoms with E-state index in [9.17, 15) is 13.9 Å². The summed E-state index contributed by atoms with van der Waals surface area (Å²) >= 11 is 1.71. The minimum Gasteiger partial charge on any atom is -0.508 e. The second-order valence-electron chi connectivity index (χ2n) is 4.93. The molecule has 0 aromatic heterocycles. The van der Waals surface area contributed by atoms with E-state index in [0.29, 0.717) is 18.5 Å². The van der Waals surface area contributed by atoms with E-state index >= 15 is 0 Å². The van der Waals surface area contributed by atoms with E-state index in [2.05, 4.69) is 17.4 Å². The summed E-state index contributed by atoms with van der Waals surface area (Å²) in [5.74, 6) is -0.0656. The third kappa shape index (κ3) is 4.45. The molecular weight excluding hydrogens is 304 g/mol. The molecule has 0 radical (unpaired) electrons. The molecule has 2 aromatic carbocycles. The fourth-order valence-corrected chi connectivity index (χ4v) is 2.84. The Morgan fingerprint density at radius 2 is 1.91 bits per heavy atom. The Balaban J connectivity index is 1.86. The van der Waals surface area contributed by atoms with Gasteiger partial charge in [-0.3, -0.25) is 0 Å². The van der Waals surface area contributed by atoms with Crippen LogP contribution in [0, 0.1) is 0 Å². The average Bonchev–Trinajstić information content (AvgIpc) is 2.52. The first-order valence-electron chi connectivity index (χ1n) is 7.04.